The molecule has 0 aromatic heterocycles. The van der Waals surface area contributed by atoms with Crippen molar-refractivity contribution in [1.82, 2.24) is 0 Å². The van der Waals surface area contributed by atoms with Crippen molar-refractivity contribution in [3.8, 4) is 0 Å². The number of benzene rings is 1. The standard InChI is InChI=1S/C18H29NO5S/c1-18(2,3)15-10-6-7-11-16(15)19-17(20)12-8-9-14(13-23-4)24-25(5,21)22/h6-7,10-11,14H,8-9,12-13H2,1-5H3,(H,19,20)/t14-/m1/s1. The van der Waals surface area contributed by atoms with Crippen LogP contribution in [-0.2, 0) is 29.2 Å². The number of carbonyl (C=O) groups is 1. The lowest BCUT2D eigenvalue weighted by atomic mass is 9.86. The smallest absolute Gasteiger partial charge is 0.264 e. The molecule has 0 bridgehead atoms. The van der Waals surface area contributed by atoms with Crippen LogP contribution in [0.5, 0.6) is 0 Å². The van der Waals surface area contributed by atoms with E-state index in [0.29, 0.717) is 12.8 Å². The lowest BCUT2D eigenvalue weighted by Gasteiger charge is -2.23. The van der Waals surface area contributed by atoms with Crippen molar-refractivity contribution in [2.24, 2.45) is 0 Å². The van der Waals surface area contributed by atoms with E-state index >= 15 is 0 Å². The highest BCUT2D eigenvalue weighted by atomic mass is 32.2. The molecular formula is C18H29NO5S. The average Bonchev–Trinajstić information content (AvgIpc) is 2.45. The Hall–Kier alpha value is -1.44. The summed E-state index contributed by atoms with van der Waals surface area (Å²) in [4.78, 5) is 12.2. The molecule has 1 rings (SSSR count). The van der Waals surface area contributed by atoms with Gasteiger partial charge in [0.15, 0.2) is 0 Å². The molecule has 1 atom stereocenters. The highest BCUT2D eigenvalue weighted by Gasteiger charge is 2.19. The van der Waals surface area contributed by atoms with E-state index in [9.17, 15) is 13.2 Å². The largest absolute Gasteiger partial charge is 0.382 e. The van der Waals surface area contributed by atoms with Crippen LogP contribution in [0.1, 0.15) is 45.6 Å². The number of ether oxygens (including phenoxy) is 1. The minimum absolute atomic E-state index is 0.0727. The van der Waals surface area contributed by atoms with Gasteiger partial charge in [0.05, 0.1) is 12.9 Å². The van der Waals surface area contributed by atoms with E-state index in [1.54, 1.807) is 0 Å². The van der Waals surface area contributed by atoms with Crippen molar-refractivity contribution >= 4 is 21.7 Å². The van der Waals surface area contributed by atoms with Crippen LogP contribution < -0.4 is 5.32 Å². The first-order chi connectivity index (χ1) is 11.5. The summed E-state index contributed by atoms with van der Waals surface area (Å²) in [6.45, 7) is 6.45. The number of carbonyl (C=O) groups excluding carboxylic acids is 1. The van der Waals surface area contributed by atoms with Crippen molar-refractivity contribution in [2.45, 2.75) is 51.6 Å². The molecule has 0 unspecified atom stereocenters. The molecule has 0 aliphatic heterocycles. The van der Waals surface area contributed by atoms with Gasteiger partial charge in [-0.3, -0.25) is 8.98 Å². The predicted molar refractivity (Wildman–Crippen MR) is 99.2 cm³/mol. The molecule has 25 heavy (non-hydrogen) atoms. The molecule has 0 saturated heterocycles. The van der Waals surface area contributed by atoms with Crippen molar-refractivity contribution in [1.29, 1.82) is 0 Å². The zero-order valence-electron chi connectivity index (χ0n) is 15.7. The van der Waals surface area contributed by atoms with Crippen molar-refractivity contribution < 1.29 is 22.1 Å². The first-order valence-electron chi connectivity index (χ1n) is 8.29. The zero-order chi connectivity index (χ0) is 19.1. The summed E-state index contributed by atoms with van der Waals surface area (Å²) >= 11 is 0. The number of anilines is 1. The number of nitrogens with one attached hydrogen (secondary N) is 1. The van der Waals surface area contributed by atoms with Gasteiger partial charge in [-0.25, -0.2) is 0 Å². The number of hydrogen-bond donors (Lipinski definition) is 1. The third-order valence-corrected chi connectivity index (χ3v) is 4.22. The van der Waals surface area contributed by atoms with Crippen LogP contribution in [-0.4, -0.2) is 40.4 Å². The fourth-order valence-corrected chi connectivity index (χ4v) is 3.19. The molecule has 0 aliphatic carbocycles. The Labute approximate surface area is 151 Å². The lowest BCUT2D eigenvalue weighted by molar-refractivity contribution is -0.116. The Kier molecular flexibility index (Phi) is 8.05. The fourth-order valence-electron chi connectivity index (χ4n) is 2.54. The van der Waals surface area contributed by atoms with E-state index < -0.39 is 16.2 Å². The molecule has 0 radical (unpaired) electrons. The highest BCUT2D eigenvalue weighted by molar-refractivity contribution is 7.86. The maximum Gasteiger partial charge on any atom is 0.264 e. The molecule has 1 aromatic rings. The topological polar surface area (TPSA) is 81.7 Å². The molecule has 1 N–H and O–H groups in total. The van der Waals surface area contributed by atoms with Crippen LogP contribution >= 0.6 is 0 Å². The number of amides is 1. The maximum absolute atomic E-state index is 12.2. The van der Waals surface area contributed by atoms with E-state index in [1.807, 2.05) is 24.3 Å². The van der Waals surface area contributed by atoms with Gasteiger partial charge in [0, 0.05) is 19.2 Å². The normalized spacial score (nSPS) is 13.5. The molecule has 0 fully saturated rings. The molecule has 7 heteroatoms. The van der Waals surface area contributed by atoms with Gasteiger partial charge in [0.25, 0.3) is 10.1 Å². The molecule has 1 amide bonds. The van der Waals surface area contributed by atoms with Gasteiger partial charge in [-0.1, -0.05) is 39.0 Å². The Morgan fingerprint density at radius 2 is 1.88 bits per heavy atom. The number of rotatable bonds is 9. The van der Waals surface area contributed by atoms with E-state index in [2.05, 4.69) is 26.1 Å². The van der Waals surface area contributed by atoms with Gasteiger partial charge in [-0.05, 0) is 29.9 Å². The molecule has 6 nitrogen and oxygen atoms in total. The van der Waals surface area contributed by atoms with Crippen LogP contribution in [0.4, 0.5) is 5.69 Å². The van der Waals surface area contributed by atoms with Gasteiger partial charge in [0.1, 0.15) is 6.10 Å². The lowest BCUT2D eigenvalue weighted by Crippen LogP contribution is -2.23. The third-order valence-electron chi connectivity index (χ3n) is 3.60. The van der Waals surface area contributed by atoms with Gasteiger partial charge in [0.2, 0.25) is 5.91 Å². The van der Waals surface area contributed by atoms with Gasteiger partial charge in [-0.15, -0.1) is 0 Å². The Balaban J connectivity index is 2.58. The predicted octanol–water partition coefficient (Wildman–Crippen LogP) is 3.08. The second-order valence-corrected chi connectivity index (χ2v) is 8.71. The summed E-state index contributed by atoms with van der Waals surface area (Å²) < 4.78 is 32.4. The minimum Gasteiger partial charge on any atom is -0.382 e. The van der Waals surface area contributed by atoms with Gasteiger partial charge < -0.3 is 10.1 Å². The van der Waals surface area contributed by atoms with Crippen LogP contribution in [0.25, 0.3) is 0 Å². The summed E-state index contributed by atoms with van der Waals surface area (Å²) in [5.41, 5.74) is 1.80. The van der Waals surface area contributed by atoms with Crippen LogP contribution in [0.2, 0.25) is 0 Å². The van der Waals surface area contributed by atoms with Gasteiger partial charge in [-0.2, -0.15) is 8.42 Å². The first-order valence-corrected chi connectivity index (χ1v) is 10.1. The summed E-state index contributed by atoms with van der Waals surface area (Å²) in [6.07, 6.45) is 1.65. The second kappa shape index (κ2) is 9.31. The molecule has 142 valence electrons. The quantitative estimate of drug-likeness (QED) is 0.675. The fraction of sp³-hybridized carbons (Fsp3) is 0.611. The SMILES string of the molecule is COC[C@@H](CCCC(=O)Nc1ccccc1C(C)(C)C)OS(C)(=O)=O. The van der Waals surface area contributed by atoms with Crippen molar-refractivity contribution in [2.75, 3.05) is 25.3 Å². The van der Waals surface area contributed by atoms with Crippen molar-refractivity contribution in [3.63, 3.8) is 0 Å². The van der Waals surface area contributed by atoms with Crippen molar-refractivity contribution in [3.05, 3.63) is 29.8 Å². The van der Waals surface area contributed by atoms with E-state index in [0.717, 1.165) is 17.5 Å². The Morgan fingerprint density at radius 3 is 2.44 bits per heavy atom. The third kappa shape index (κ3) is 8.47. The summed E-state index contributed by atoms with van der Waals surface area (Å²) in [6, 6.07) is 7.73. The van der Waals surface area contributed by atoms with E-state index in [1.165, 1.54) is 7.11 Å². The average molecular weight is 371 g/mol. The zero-order valence-corrected chi connectivity index (χ0v) is 16.5. The molecular weight excluding hydrogens is 342 g/mol. The van der Waals surface area contributed by atoms with Crippen LogP contribution in [0.15, 0.2) is 24.3 Å². The summed E-state index contributed by atoms with van der Waals surface area (Å²) in [7, 11) is -2.07. The molecule has 0 heterocycles. The first kappa shape index (κ1) is 21.6. The highest BCUT2D eigenvalue weighted by Crippen LogP contribution is 2.29. The van der Waals surface area contributed by atoms with E-state index in [-0.39, 0.29) is 24.3 Å². The monoisotopic (exact) mass is 371 g/mol. The molecule has 1 aromatic carbocycles. The minimum atomic E-state index is -3.55. The van der Waals surface area contributed by atoms with Crippen LogP contribution in [0.3, 0.4) is 0 Å². The Morgan fingerprint density at radius 1 is 1.24 bits per heavy atom. The molecule has 0 spiro atoms. The van der Waals surface area contributed by atoms with Gasteiger partial charge >= 0.3 is 0 Å². The Bertz CT molecular complexity index is 664. The summed E-state index contributed by atoms with van der Waals surface area (Å²) in [5.74, 6) is -0.104. The number of methoxy groups -OCH3 is 1. The maximum atomic E-state index is 12.2. The van der Waals surface area contributed by atoms with Crippen LogP contribution in [0, 0.1) is 0 Å². The number of hydrogen-bond acceptors (Lipinski definition) is 5. The summed E-state index contributed by atoms with van der Waals surface area (Å²) in [5, 5.41) is 2.94. The number of para-hydroxylation sites is 1. The van der Waals surface area contributed by atoms with E-state index in [4.69, 9.17) is 8.92 Å². The molecule has 0 aliphatic rings. The second-order valence-electron chi connectivity index (χ2n) is 7.11. The molecule has 0 saturated carbocycles.